The van der Waals surface area contributed by atoms with Gasteiger partial charge in [0.25, 0.3) is 0 Å². The summed E-state index contributed by atoms with van der Waals surface area (Å²) in [5.41, 5.74) is 7.29. The summed E-state index contributed by atoms with van der Waals surface area (Å²) in [7, 11) is 1.93. The summed E-state index contributed by atoms with van der Waals surface area (Å²) in [6.45, 7) is 2.40. The molecule has 0 spiro atoms. The highest BCUT2D eigenvalue weighted by atomic mass is 16.1. The van der Waals surface area contributed by atoms with Crippen LogP contribution >= 0.6 is 0 Å². The Bertz CT molecular complexity index is 542. The van der Waals surface area contributed by atoms with Crippen molar-refractivity contribution in [2.75, 3.05) is 0 Å². The molecule has 0 saturated carbocycles. The Kier molecular flexibility index (Phi) is 3.58. The van der Waals surface area contributed by atoms with Gasteiger partial charge in [0.2, 0.25) is 12.1 Å². The zero-order valence-electron chi connectivity index (χ0n) is 10.7. The van der Waals surface area contributed by atoms with Crippen molar-refractivity contribution in [2.24, 2.45) is 12.8 Å². The summed E-state index contributed by atoms with van der Waals surface area (Å²) in [5, 5.41) is 0. The van der Waals surface area contributed by atoms with Crippen molar-refractivity contribution in [1.29, 1.82) is 0 Å². The Morgan fingerprint density at radius 1 is 1.39 bits per heavy atom. The monoisotopic (exact) mass is 244 g/mol. The average molecular weight is 244 g/mol. The molecule has 94 valence electrons. The van der Waals surface area contributed by atoms with Crippen molar-refractivity contribution >= 4 is 5.78 Å². The molecule has 0 bridgehead atoms. The Hall–Kier alpha value is -1.94. The number of Topliss-reactive ketones (excluding diaryl/α,β-unsaturated/α-hetero) is 1. The molecule has 0 saturated heterocycles. The topological polar surface area (TPSA) is 51.9 Å². The van der Waals surface area contributed by atoms with Crippen LogP contribution in [0.15, 0.2) is 43.0 Å². The molecule has 4 heteroatoms. The van der Waals surface area contributed by atoms with E-state index in [4.69, 9.17) is 5.73 Å². The van der Waals surface area contributed by atoms with Crippen LogP contribution in [0, 0.1) is 0 Å². The summed E-state index contributed by atoms with van der Waals surface area (Å²) >= 11 is 0. The van der Waals surface area contributed by atoms with E-state index in [-0.39, 0.29) is 11.8 Å². The molecule has 0 aliphatic heterocycles. The van der Waals surface area contributed by atoms with Crippen LogP contribution < -0.4 is 10.3 Å². The van der Waals surface area contributed by atoms with E-state index in [1.54, 1.807) is 0 Å². The number of benzene rings is 1. The third-order valence-corrected chi connectivity index (χ3v) is 3.09. The van der Waals surface area contributed by atoms with Crippen LogP contribution in [0.4, 0.5) is 0 Å². The quantitative estimate of drug-likeness (QED) is 0.649. The maximum Gasteiger partial charge on any atom is 0.244 e. The number of nitrogens with zero attached hydrogens (tertiary/aromatic N) is 2. The van der Waals surface area contributed by atoms with Gasteiger partial charge in [-0.25, -0.2) is 9.13 Å². The summed E-state index contributed by atoms with van der Waals surface area (Å²) < 4.78 is 3.82. The highest BCUT2D eigenvalue weighted by molar-refractivity contribution is 5.98. The van der Waals surface area contributed by atoms with Gasteiger partial charge < -0.3 is 5.73 Å². The van der Waals surface area contributed by atoms with E-state index < -0.39 is 0 Å². The van der Waals surface area contributed by atoms with E-state index >= 15 is 0 Å². The summed E-state index contributed by atoms with van der Waals surface area (Å²) in [6, 6.07) is 7.27. The lowest BCUT2D eigenvalue weighted by Gasteiger charge is -2.07. The molecule has 1 heterocycles. The molecular weight excluding hydrogens is 226 g/mol. The minimum Gasteiger partial charge on any atom is -0.326 e. The van der Waals surface area contributed by atoms with Crippen molar-refractivity contribution in [2.45, 2.75) is 19.5 Å². The predicted molar refractivity (Wildman–Crippen MR) is 69.0 cm³/mol. The first-order chi connectivity index (χ1) is 8.61. The number of hydrogen-bond acceptors (Lipinski definition) is 2. The van der Waals surface area contributed by atoms with Gasteiger partial charge in [0, 0.05) is 12.1 Å². The largest absolute Gasteiger partial charge is 0.326 e. The predicted octanol–water partition coefficient (Wildman–Crippen LogP) is 1.22. The first-order valence-electron chi connectivity index (χ1n) is 5.97. The SMILES string of the molecule is CC(C(=O)c1ccc(CN)cc1)n1cc[n+](C)c1. The van der Waals surface area contributed by atoms with Crippen LogP contribution in [-0.4, -0.2) is 10.4 Å². The van der Waals surface area contributed by atoms with E-state index in [0.717, 1.165) is 11.1 Å². The van der Waals surface area contributed by atoms with Gasteiger partial charge in [-0.2, -0.15) is 0 Å². The highest BCUT2D eigenvalue weighted by Gasteiger charge is 2.20. The summed E-state index contributed by atoms with van der Waals surface area (Å²) in [6.07, 6.45) is 5.72. The lowest BCUT2D eigenvalue weighted by molar-refractivity contribution is -0.671. The fourth-order valence-electron chi connectivity index (χ4n) is 1.88. The van der Waals surface area contributed by atoms with Crippen LogP contribution in [0.5, 0.6) is 0 Å². The number of aromatic nitrogens is 2. The van der Waals surface area contributed by atoms with Crippen LogP contribution in [0.1, 0.15) is 28.9 Å². The molecular formula is C14H18N3O+. The van der Waals surface area contributed by atoms with Gasteiger partial charge >= 0.3 is 0 Å². The zero-order valence-corrected chi connectivity index (χ0v) is 10.7. The maximum absolute atomic E-state index is 12.3. The fraction of sp³-hybridized carbons (Fsp3) is 0.286. The number of carbonyl (C=O) groups is 1. The van der Waals surface area contributed by atoms with Gasteiger partial charge in [-0.05, 0) is 12.5 Å². The van der Waals surface area contributed by atoms with Crippen LogP contribution in [-0.2, 0) is 13.6 Å². The molecule has 0 amide bonds. The number of aryl methyl sites for hydroxylation is 1. The third-order valence-electron chi connectivity index (χ3n) is 3.09. The minimum atomic E-state index is -0.199. The summed E-state index contributed by atoms with van der Waals surface area (Å²) in [5.74, 6) is 0.106. The van der Waals surface area contributed by atoms with Crippen molar-refractivity contribution in [1.82, 2.24) is 4.57 Å². The molecule has 0 radical (unpaired) electrons. The van der Waals surface area contributed by atoms with Crippen LogP contribution in [0.3, 0.4) is 0 Å². The molecule has 1 aromatic carbocycles. The van der Waals surface area contributed by atoms with Gasteiger partial charge in [0.15, 0.2) is 6.04 Å². The second-order valence-corrected chi connectivity index (χ2v) is 4.47. The van der Waals surface area contributed by atoms with Gasteiger partial charge in [-0.15, -0.1) is 0 Å². The molecule has 18 heavy (non-hydrogen) atoms. The lowest BCUT2D eigenvalue weighted by Crippen LogP contribution is -2.25. The maximum atomic E-state index is 12.3. The Labute approximate surface area is 107 Å². The smallest absolute Gasteiger partial charge is 0.244 e. The molecule has 1 unspecified atom stereocenters. The average Bonchev–Trinajstić information content (AvgIpc) is 2.84. The second-order valence-electron chi connectivity index (χ2n) is 4.47. The molecule has 2 N–H and O–H groups in total. The highest BCUT2D eigenvalue weighted by Crippen LogP contribution is 2.14. The van der Waals surface area contributed by atoms with Crippen LogP contribution in [0.25, 0.3) is 0 Å². The number of nitrogens with two attached hydrogens (primary N) is 1. The van der Waals surface area contributed by atoms with Gasteiger partial charge in [0.1, 0.15) is 12.4 Å². The van der Waals surface area contributed by atoms with Crippen molar-refractivity contribution < 1.29 is 9.36 Å². The molecule has 2 rings (SSSR count). The summed E-state index contributed by atoms with van der Waals surface area (Å²) in [4.78, 5) is 12.3. The Balaban J connectivity index is 2.19. The number of hydrogen-bond donors (Lipinski definition) is 1. The zero-order chi connectivity index (χ0) is 13.1. The van der Waals surface area contributed by atoms with E-state index in [1.165, 1.54) is 0 Å². The lowest BCUT2D eigenvalue weighted by atomic mass is 10.0. The number of ketones is 1. The van der Waals surface area contributed by atoms with E-state index in [1.807, 2.05) is 66.1 Å². The number of imidazole rings is 1. The molecule has 4 nitrogen and oxygen atoms in total. The molecule has 0 aliphatic carbocycles. The Morgan fingerprint density at radius 2 is 2.06 bits per heavy atom. The normalized spacial score (nSPS) is 12.4. The van der Waals surface area contributed by atoms with Crippen LogP contribution in [0.2, 0.25) is 0 Å². The first-order valence-corrected chi connectivity index (χ1v) is 5.97. The number of rotatable bonds is 4. The number of carbonyl (C=O) groups excluding carboxylic acids is 1. The molecule has 0 aliphatic rings. The molecule has 1 atom stereocenters. The third kappa shape index (κ3) is 2.49. The van der Waals surface area contributed by atoms with E-state index in [0.29, 0.717) is 6.54 Å². The van der Waals surface area contributed by atoms with E-state index in [9.17, 15) is 4.79 Å². The van der Waals surface area contributed by atoms with Crippen molar-refractivity contribution in [3.8, 4) is 0 Å². The molecule has 0 fully saturated rings. The fourth-order valence-corrected chi connectivity index (χ4v) is 1.88. The van der Waals surface area contributed by atoms with Gasteiger partial charge in [-0.3, -0.25) is 4.79 Å². The first kappa shape index (κ1) is 12.5. The molecule has 1 aromatic heterocycles. The van der Waals surface area contributed by atoms with Crippen molar-refractivity contribution in [3.63, 3.8) is 0 Å². The standard InChI is InChI=1S/C14H18N3O/c1-11(17-8-7-16(2)10-17)14(18)13-5-3-12(9-15)4-6-13/h3-8,10-11H,9,15H2,1-2H3/q+1. The molecule has 2 aromatic rings. The Morgan fingerprint density at radius 3 is 2.56 bits per heavy atom. The second kappa shape index (κ2) is 5.14. The minimum absolute atomic E-state index is 0.106. The van der Waals surface area contributed by atoms with Gasteiger partial charge in [-0.1, -0.05) is 24.3 Å². The van der Waals surface area contributed by atoms with E-state index in [2.05, 4.69) is 0 Å². The van der Waals surface area contributed by atoms with Gasteiger partial charge in [0.05, 0.1) is 7.05 Å². The van der Waals surface area contributed by atoms with Crippen molar-refractivity contribution in [3.05, 3.63) is 54.1 Å².